The van der Waals surface area contributed by atoms with Crippen molar-refractivity contribution in [3.63, 3.8) is 0 Å². The van der Waals surface area contributed by atoms with Crippen LogP contribution in [0.15, 0.2) is 0 Å². The van der Waals surface area contributed by atoms with Crippen LogP contribution >= 0.6 is 22.9 Å². The third-order valence-electron chi connectivity index (χ3n) is 1.81. The van der Waals surface area contributed by atoms with Gasteiger partial charge in [-0.15, -0.1) is 0 Å². The lowest BCUT2D eigenvalue weighted by atomic mass is 10.1. The first-order chi connectivity index (χ1) is 4.92. The van der Waals surface area contributed by atoms with Crippen LogP contribution in [0.1, 0.15) is 13.3 Å². The maximum atomic E-state index is 12.6. The molecular weight excluding hydrogens is 267 g/mol. The lowest BCUT2D eigenvalue weighted by Gasteiger charge is -2.18. The molecule has 0 aliphatic carbocycles. The van der Waals surface area contributed by atoms with Crippen LogP contribution in [0.3, 0.4) is 0 Å². The van der Waals surface area contributed by atoms with Gasteiger partial charge < -0.3 is 5.11 Å². The predicted octanol–water partition coefficient (Wildman–Crippen LogP) is 1.43. The standard InChI is InChI=1S/C6H10F2INO/c1-4(11)5-2-6(7,8)3-10(5)9/h4-5,11H,2-3H2,1H3/t4?,5-/m0/s1. The molecule has 2 nitrogen and oxygen atoms in total. The molecule has 0 saturated carbocycles. The molecule has 1 rings (SSSR count). The molecule has 1 saturated heterocycles. The summed E-state index contributed by atoms with van der Waals surface area (Å²) in [4.78, 5) is 0. The largest absolute Gasteiger partial charge is 0.392 e. The van der Waals surface area contributed by atoms with Crippen LogP contribution in [-0.4, -0.2) is 32.8 Å². The monoisotopic (exact) mass is 277 g/mol. The highest BCUT2D eigenvalue weighted by Gasteiger charge is 2.45. The molecule has 1 aliphatic heterocycles. The zero-order valence-electron chi connectivity index (χ0n) is 6.10. The van der Waals surface area contributed by atoms with Crippen LogP contribution in [0.25, 0.3) is 0 Å². The summed E-state index contributed by atoms with van der Waals surface area (Å²) in [6.45, 7) is 1.29. The molecule has 1 heterocycles. The Morgan fingerprint density at radius 3 is 2.45 bits per heavy atom. The Kier molecular flexibility index (Phi) is 2.70. The van der Waals surface area contributed by atoms with E-state index in [2.05, 4.69) is 0 Å². The van der Waals surface area contributed by atoms with Gasteiger partial charge in [-0.1, -0.05) is 0 Å². The van der Waals surface area contributed by atoms with Crippen molar-refractivity contribution in [3.8, 4) is 0 Å². The van der Waals surface area contributed by atoms with Crippen molar-refractivity contribution in [1.29, 1.82) is 0 Å². The lowest BCUT2D eigenvalue weighted by Crippen LogP contribution is -2.30. The second-order valence-corrected chi connectivity index (χ2v) is 4.17. The van der Waals surface area contributed by atoms with Crippen LogP contribution in [0.4, 0.5) is 8.78 Å². The van der Waals surface area contributed by atoms with Crippen molar-refractivity contribution < 1.29 is 13.9 Å². The fourth-order valence-corrected chi connectivity index (χ4v) is 2.37. The first-order valence-electron chi connectivity index (χ1n) is 3.41. The highest BCUT2D eigenvalue weighted by Crippen LogP contribution is 2.35. The third-order valence-corrected chi connectivity index (χ3v) is 2.86. The molecule has 0 bridgehead atoms. The Labute approximate surface area is 78.1 Å². The number of halogens is 3. The zero-order valence-corrected chi connectivity index (χ0v) is 8.25. The van der Waals surface area contributed by atoms with Crippen LogP contribution < -0.4 is 0 Å². The van der Waals surface area contributed by atoms with E-state index in [0.29, 0.717) is 0 Å². The van der Waals surface area contributed by atoms with Crippen molar-refractivity contribution in [2.24, 2.45) is 0 Å². The van der Waals surface area contributed by atoms with Crippen molar-refractivity contribution in [2.75, 3.05) is 6.54 Å². The molecule has 0 spiro atoms. The van der Waals surface area contributed by atoms with Gasteiger partial charge in [0.05, 0.1) is 18.7 Å². The first-order valence-corrected chi connectivity index (χ1v) is 4.37. The zero-order chi connectivity index (χ0) is 8.65. The average Bonchev–Trinajstić information content (AvgIpc) is 2.05. The van der Waals surface area contributed by atoms with Crippen LogP contribution in [0, 0.1) is 0 Å². The van der Waals surface area contributed by atoms with E-state index in [0.717, 1.165) is 0 Å². The van der Waals surface area contributed by atoms with Gasteiger partial charge >= 0.3 is 0 Å². The van der Waals surface area contributed by atoms with Gasteiger partial charge in [-0.25, -0.2) is 11.9 Å². The number of hydrogen-bond acceptors (Lipinski definition) is 2. The molecule has 2 atom stereocenters. The lowest BCUT2D eigenvalue weighted by molar-refractivity contribution is 0.0145. The SMILES string of the molecule is CC(O)[C@@H]1CC(F)(F)CN1I. The molecule has 1 unspecified atom stereocenters. The van der Waals surface area contributed by atoms with E-state index in [1.54, 1.807) is 0 Å². The van der Waals surface area contributed by atoms with E-state index in [4.69, 9.17) is 5.11 Å². The summed E-state index contributed by atoms with van der Waals surface area (Å²) in [6.07, 6.45) is -0.909. The van der Waals surface area contributed by atoms with Gasteiger partial charge in [0.2, 0.25) is 0 Å². The predicted molar refractivity (Wildman–Crippen MR) is 45.8 cm³/mol. The summed E-state index contributed by atoms with van der Waals surface area (Å²) in [5, 5.41) is 9.07. The summed E-state index contributed by atoms with van der Waals surface area (Å²) in [5.41, 5.74) is 0. The van der Waals surface area contributed by atoms with E-state index in [9.17, 15) is 8.78 Å². The molecule has 0 amide bonds. The Bertz CT molecular complexity index is 154. The molecule has 11 heavy (non-hydrogen) atoms. The molecule has 0 aromatic carbocycles. The van der Waals surface area contributed by atoms with E-state index in [1.165, 1.54) is 10.0 Å². The molecule has 1 fully saturated rings. The second kappa shape index (κ2) is 3.10. The Balaban J connectivity index is 2.59. The van der Waals surface area contributed by atoms with Gasteiger partial charge in [0.1, 0.15) is 0 Å². The van der Waals surface area contributed by atoms with Crippen molar-refractivity contribution in [1.82, 2.24) is 3.11 Å². The number of aliphatic hydroxyl groups is 1. The van der Waals surface area contributed by atoms with Gasteiger partial charge in [0.25, 0.3) is 5.92 Å². The minimum absolute atomic E-state index is 0.229. The molecule has 1 N–H and O–H groups in total. The summed E-state index contributed by atoms with van der Waals surface area (Å²) in [5.74, 6) is -2.62. The van der Waals surface area contributed by atoms with Crippen molar-refractivity contribution in [2.45, 2.75) is 31.4 Å². The number of alkyl halides is 2. The summed E-state index contributed by atoms with van der Waals surface area (Å²) >= 11 is 1.83. The van der Waals surface area contributed by atoms with Gasteiger partial charge in [-0.3, -0.25) is 0 Å². The fourth-order valence-electron chi connectivity index (χ4n) is 1.21. The molecular formula is C6H10F2INO. The van der Waals surface area contributed by atoms with Gasteiger partial charge in [-0.2, -0.15) is 0 Å². The topological polar surface area (TPSA) is 23.5 Å². The smallest absolute Gasteiger partial charge is 0.263 e. The fraction of sp³-hybridized carbons (Fsp3) is 1.00. The second-order valence-electron chi connectivity index (χ2n) is 2.93. The normalized spacial score (nSPS) is 34.1. The average molecular weight is 277 g/mol. The quantitative estimate of drug-likeness (QED) is 0.579. The Morgan fingerprint density at radius 1 is 1.73 bits per heavy atom. The van der Waals surface area contributed by atoms with Gasteiger partial charge in [0, 0.05) is 29.3 Å². The van der Waals surface area contributed by atoms with Crippen molar-refractivity contribution in [3.05, 3.63) is 0 Å². The minimum Gasteiger partial charge on any atom is -0.392 e. The van der Waals surface area contributed by atoms with E-state index >= 15 is 0 Å². The van der Waals surface area contributed by atoms with Gasteiger partial charge in [0.15, 0.2) is 0 Å². The first kappa shape index (κ1) is 9.60. The maximum absolute atomic E-state index is 12.6. The third kappa shape index (κ3) is 2.22. The van der Waals surface area contributed by atoms with Crippen LogP contribution in [-0.2, 0) is 0 Å². The van der Waals surface area contributed by atoms with E-state index in [-0.39, 0.29) is 13.0 Å². The van der Waals surface area contributed by atoms with Crippen LogP contribution in [0.2, 0.25) is 0 Å². The molecule has 5 heteroatoms. The maximum Gasteiger partial charge on any atom is 0.263 e. The molecule has 1 aliphatic rings. The van der Waals surface area contributed by atoms with E-state index < -0.39 is 18.1 Å². The number of hydrogen-bond donors (Lipinski definition) is 1. The highest BCUT2D eigenvalue weighted by molar-refractivity contribution is 14.1. The Morgan fingerprint density at radius 2 is 2.27 bits per heavy atom. The molecule has 0 radical (unpaired) electrons. The highest BCUT2D eigenvalue weighted by atomic mass is 127. The van der Waals surface area contributed by atoms with Gasteiger partial charge in [-0.05, 0) is 6.92 Å². The van der Waals surface area contributed by atoms with Crippen molar-refractivity contribution >= 4 is 22.9 Å². The number of aliphatic hydroxyl groups excluding tert-OH is 1. The molecule has 0 aromatic heterocycles. The summed E-state index contributed by atoms with van der Waals surface area (Å²) in [6, 6.07) is -0.398. The molecule has 0 aromatic rings. The van der Waals surface area contributed by atoms with E-state index in [1.807, 2.05) is 22.9 Å². The van der Waals surface area contributed by atoms with Crippen LogP contribution in [0.5, 0.6) is 0 Å². The number of nitrogens with zero attached hydrogens (tertiary/aromatic N) is 1. The minimum atomic E-state index is -2.62. The summed E-state index contributed by atoms with van der Waals surface area (Å²) in [7, 11) is 0. The Hall–Kier alpha value is 0.510. The summed E-state index contributed by atoms with van der Waals surface area (Å²) < 4.78 is 26.8. The number of rotatable bonds is 1. The molecule has 66 valence electrons.